The first-order valence-electron chi connectivity index (χ1n) is 7.49. The van der Waals surface area contributed by atoms with Gasteiger partial charge in [-0.05, 0) is 11.6 Å². The Hall–Kier alpha value is -1.51. The Kier molecular flexibility index (Phi) is 3.36. The average molecular weight is 300 g/mol. The number of hydrogen-bond donors (Lipinski definition) is 0. The van der Waals surface area contributed by atoms with E-state index in [0.29, 0.717) is 11.8 Å². The lowest BCUT2D eigenvalue weighted by molar-refractivity contribution is 0.212. The molecular formula is C18H18ClNO. The summed E-state index contributed by atoms with van der Waals surface area (Å²) in [5, 5.41) is 0.743. The van der Waals surface area contributed by atoms with Crippen LogP contribution in [0.3, 0.4) is 0 Å². The molecule has 0 saturated carbocycles. The van der Waals surface area contributed by atoms with Crippen LogP contribution in [0.2, 0.25) is 5.02 Å². The maximum absolute atomic E-state index is 6.26. The second-order valence-electron chi connectivity index (χ2n) is 6.02. The van der Waals surface area contributed by atoms with Crippen molar-refractivity contribution in [2.45, 2.75) is 12.5 Å². The standard InChI is InChI=1S/C18H18ClNO/c19-17-8-4-7-15-16-11-20(9-13-5-2-1-3-6-13)10-14(16)12-21-18(15)17/h1-8,14,16H,9-12H2/t14-,16-/m1/s1. The monoisotopic (exact) mass is 299 g/mol. The first-order valence-corrected chi connectivity index (χ1v) is 7.86. The number of nitrogens with zero attached hydrogens (tertiary/aromatic N) is 1. The van der Waals surface area contributed by atoms with Crippen molar-refractivity contribution in [2.24, 2.45) is 5.92 Å². The van der Waals surface area contributed by atoms with Gasteiger partial charge in [0.2, 0.25) is 0 Å². The van der Waals surface area contributed by atoms with E-state index >= 15 is 0 Å². The summed E-state index contributed by atoms with van der Waals surface area (Å²) >= 11 is 6.26. The van der Waals surface area contributed by atoms with Gasteiger partial charge in [-0.15, -0.1) is 0 Å². The molecule has 2 aliphatic rings. The summed E-state index contributed by atoms with van der Waals surface area (Å²) in [4.78, 5) is 2.53. The molecule has 3 heteroatoms. The minimum atomic E-state index is 0.552. The summed E-state index contributed by atoms with van der Waals surface area (Å²) in [6.45, 7) is 4.00. The van der Waals surface area contributed by atoms with Gasteiger partial charge in [0, 0.05) is 37.0 Å². The molecule has 0 aliphatic carbocycles. The topological polar surface area (TPSA) is 12.5 Å². The van der Waals surface area contributed by atoms with Gasteiger partial charge in [0.25, 0.3) is 0 Å². The molecule has 0 spiro atoms. The van der Waals surface area contributed by atoms with Crippen molar-refractivity contribution in [1.82, 2.24) is 4.90 Å². The van der Waals surface area contributed by atoms with E-state index in [4.69, 9.17) is 16.3 Å². The van der Waals surface area contributed by atoms with Gasteiger partial charge in [0.15, 0.2) is 0 Å². The number of para-hydroxylation sites is 1. The smallest absolute Gasteiger partial charge is 0.141 e. The third-order valence-electron chi connectivity index (χ3n) is 4.60. The number of rotatable bonds is 2. The van der Waals surface area contributed by atoms with Gasteiger partial charge in [0.05, 0.1) is 11.6 Å². The maximum Gasteiger partial charge on any atom is 0.141 e. The molecule has 0 N–H and O–H groups in total. The Morgan fingerprint density at radius 2 is 1.90 bits per heavy atom. The van der Waals surface area contributed by atoms with Crippen LogP contribution in [-0.2, 0) is 6.54 Å². The molecule has 4 rings (SSSR count). The second-order valence-corrected chi connectivity index (χ2v) is 6.42. The van der Waals surface area contributed by atoms with E-state index < -0.39 is 0 Å². The highest BCUT2D eigenvalue weighted by molar-refractivity contribution is 6.32. The molecule has 2 aromatic rings. The number of likely N-dealkylation sites (tertiary alicyclic amines) is 1. The highest BCUT2D eigenvalue weighted by atomic mass is 35.5. The zero-order valence-corrected chi connectivity index (χ0v) is 12.6. The third-order valence-corrected chi connectivity index (χ3v) is 4.90. The molecule has 0 amide bonds. The summed E-state index contributed by atoms with van der Waals surface area (Å²) in [7, 11) is 0. The van der Waals surface area contributed by atoms with Crippen LogP contribution in [0.1, 0.15) is 17.0 Å². The zero-order chi connectivity index (χ0) is 14.2. The van der Waals surface area contributed by atoms with Gasteiger partial charge in [-0.2, -0.15) is 0 Å². The fourth-order valence-corrected chi connectivity index (χ4v) is 3.85. The molecule has 0 radical (unpaired) electrons. The second kappa shape index (κ2) is 5.36. The summed E-state index contributed by atoms with van der Waals surface area (Å²) in [5.41, 5.74) is 2.66. The molecule has 1 fully saturated rings. The Bertz CT molecular complexity index is 643. The van der Waals surface area contributed by atoms with Gasteiger partial charge in [-0.3, -0.25) is 4.90 Å². The van der Waals surface area contributed by atoms with Crippen LogP contribution >= 0.6 is 11.6 Å². The first-order chi connectivity index (χ1) is 10.3. The summed E-state index contributed by atoms with van der Waals surface area (Å²) < 4.78 is 5.91. The molecule has 2 atom stereocenters. The van der Waals surface area contributed by atoms with Gasteiger partial charge in [0.1, 0.15) is 5.75 Å². The van der Waals surface area contributed by atoms with Crippen LogP contribution in [0.25, 0.3) is 0 Å². The van der Waals surface area contributed by atoms with Crippen LogP contribution in [0.5, 0.6) is 5.75 Å². The van der Waals surface area contributed by atoms with E-state index in [0.717, 1.165) is 37.0 Å². The van der Waals surface area contributed by atoms with Crippen molar-refractivity contribution >= 4 is 11.6 Å². The summed E-state index contributed by atoms with van der Waals surface area (Å²) in [6.07, 6.45) is 0. The average Bonchev–Trinajstić information content (AvgIpc) is 2.91. The van der Waals surface area contributed by atoms with Crippen molar-refractivity contribution in [3.63, 3.8) is 0 Å². The predicted molar refractivity (Wildman–Crippen MR) is 84.9 cm³/mol. The predicted octanol–water partition coefficient (Wildman–Crippen LogP) is 3.95. The van der Waals surface area contributed by atoms with Crippen LogP contribution in [-0.4, -0.2) is 24.6 Å². The fraction of sp³-hybridized carbons (Fsp3) is 0.333. The third kappa shape index (κ3) is 2.43. The molecule has 2 aliphatic heterocycles. The van der Waals surface area contributed by atoms with Crippen LogP contribution < -0.4 is 4.74 Å². The molecule has 0 unspecified atom stereocenters. The quantitative estimate of drug-likeness (QED) is 0.832. The van der Waals surface area contributed by atoms with Gasteiger partial charge in [-0.1, -0.05) is 54.1 Å². The van der Waals surface area contributed by atoms with Gasteiger partial charge < -0.3 is 4.74 Å². The van der Waals surface area contributed by atoms with Gasteiger partial charge >= 0.3 is 0 Å². The Labute approximate surface area is 130 Å². The lowest BCUT2D eigenvalue weighted by atomic mass is 9.87. The molecule has 1 saturated heterocycles. The molecule has 0 aromatic heterocycles. The van der Waals surface area contributed by atoms with E-state index in [1.54, 1.807) is 0 Å². The minimum Gasteiger partial charge on any atom is -0.491 e. The Morgan fingerprint density at radius 3 is 2.76 bits per heavy atom. The van der Waals surface area contributed by atoms with E-state index in [1.807, 2.05) is 12.1 Å². The lowest BCUT2D eigenvalue weighted by Gasteiger charge is -2.28. The van der Waals surface area contributed by atoms with Crippen LogP contribution in [0.15, 0.2) is 48.5 Å². The Balaban J connectivity index is 1.55. The molecule has 108 valence electrons. The number of halogens is 1. The SMILES string of the molecule is Clc1cccc2c1OC[C@H]1CN(Cc3ccccc3)C[C@@H]21. The number of ether oxygens (including phenoxy) is 1. The van der Waals surface area contributed by atoms with Crippen molar-refractivity contribution in [2.75, 3.05) is 19.7 Å². The molecule has 2 heterocycles. The van der Waals surface area contributed by atoms with E-state index in [2.05, 4.69) is 41.3 Å². The molecule has 21 heavy (non-hydrogen) atoms. The summed E-state index contributed by atoms with van der Waals surface area (Å²) in [6, 6.07) is 16.8. The highest BCUT2D eigenvalue weighted by Gasteiger charge is 2.39. The van der Waals surface area contributed by atoms with Crippen molar-refractivity contribution in [3.8, 4) is 5.75 Å². The van der Waals surface area contributed by atoms with Crippen LogP contribution in [0, 0.1) is 5.92 Å². The molecule has 2 aromatic carbocycles. The minimum absolute atomic E-state index is 0.552. The van der Waals surface area contributed by atoms with Crippen molar-refractivity contribution < 1.29 is 4.74 Å². The van der Waals surface area contributed by atoms with E-state index in [-0.39, 0.29) is 0 Å². The largest absolute Gasteiger partial charge is 0.491 e. The molecule has 2 nitrogen and oxygen atoms in total. The highest BCUT2D eigenvalue weighted by Crippen LogP contribution is 2.44. The van der Waals surface area contributed by atoms with Crippen LogP contribution in [0.4, 0.5) is 0 Å². The van der Waals surface area contributed by atoms with E-state index in [1.165, 1.54) is 11.1 Å². The fourth-order valence-electron chi connectivity index (χ4n) is 3.61. The molecule has 0 bridgehead atoms. The van der Waals surface area contributed by atoms with Crippen molar-refractivity contribution in [1.29, 1.82) is 0 Å². The summed E-state index contributed by atoms with van der Waals surface area (Å²) in [5.74, 6) is 2.04. The number of fused-ring (bicyclic) bond motifs is 3. The van der Waals surface area contributed by atoms with Crippen molar-refractivity contribution in [3.05, 3.63) is 64.7 Å². The molecular weight excluding hydrogens is 282 g/mol. The Morgan fingerprint density at radius 1 is 1.05 bits per heavy atom. The van der Waals surface area contributed by atoms with E-state index in [9.17, 15) is 0 Å². The normalized spacial score (nSPS) is 24.2. The lowest BCUT2D eigenvalue weighted by Crippen LogP contribution is -2.25. The zero-order valence-electron chi connectivity index (χ0n) is 11.8. The maximum atomic E-state index is 6.26. The number of hydrogen-bond acceptors (Lipinski definition) is 2. The van der Waals surface area contributed by atoms with Gasteiger partial charge in [-0.25, -0.2) is 0 Å². The number of benzene rings is 2. The first kappa shape index (κ1) is 13.2.